The van der Waals surface area contributed by atoms with E-state index in [-0.39, 0.29) is 6.61 Å². The number of aromatic nitrogens is 2. The molecule has 0 amide bonds. The summed E-state index contributed by atoms with van der Waals surface area (Å²) >= 11 is 12.4. The molecule has 1 aliphatic rings. The molecule has 0 saturated carbocycles. The molecule has 0 saturated heterocycles. The molecule has 9 heteroatoms. The third-order valence-electron chi connectivity index (χ3n) is 4.79. The fraction of sp³-hybridized carbons (Fsp3) is 0.381. The second kappa shape index (κ2) is 9.64. The molecule has 3 rings (SSSR count). The Bertz CT molecular complexity index is 1010. The standard InChI is InChI=1S/C21H23Cl2N3O4/c1-5-16-25-20(30-26-16)17-11(2)24-12(3)18(21(27)29-9-8-28-4)19(17)13-6-7-14(22)15(23)10-13/h6-7,10,19,24H,5,8-9H2,1-4H3. The van der Waals surface area contributed by atoms with Crippen LogP contribution in [0.5, 0.6) is 0 Å². The number of nitrogens with zero attached hydrogens (tertiary/aromatic N) is 2. The van der Waals surface area contributed by atoms with Gasteiger partial charge in [0.15, 0.2) is 5.82 Å². The Labute approximate surface area is 185 Å². The molecule has 7 nitrogen and oxygen atoms in total. The minimum atomic E-state index is -0.527. The number of carbonyl (C=O) groups is 1. The Balaban J connectivity index is 2.13. The fourth-order valence-corrected chi connectivity index (χ4v) is 3.68. The first-order valence-corrected chi connectivity index (χ1v) is 10.2. The van der Waals surface area contributed by atoms with Crippen LogP contribution < -0.4 is 5.32 Å². The summed E-state index contributed by atoms with van der Waals surface area (Å²) in [6.07, 6.45) is 0.626. The number of hydrogen-bond acceptors (Lipinski definition) is 7. The predicted octanol–water partition coefficient (Wildman–Crippen LogP) is 4.52. The maximum atomic E-state index is 13.0. The molecule has 0 fully saturated rings. The quantitative estimate of drug-likeness (QED) is 0.488. The van der Waals surface area contributed by atoms with Gasteiger partial charge in [-0.1, -0.05) is 41.3 Å². The highest BCUT2D eigenvalue weighted by atomic mass is 35.5. The van der Waals surface area contributed by atoms with Crippen molar-refractivity contribution < 1.29 is 18.8 Å². The highest BCUT2D eigenvalue weighted by Gasteiger charge is 2.37. The van der Waals surface area contributed by atoms with Gasteiger partial charge in [-0.05, 0) is 31.5 Å². The molecular weight excluding hydrogens is 429 g/mol. The molecule has 2 aromatic rings. The van der Waals surface area contributed by atoms with E-state index in [0.29, 0.717) is 51.6 Å². The van der Waals surface area contributed by atoms with Crippen LogP contribution in [0.1, 0.15) is 44.0 Å². The topological polar surface area (TPSA) is 86.5 Å². The summed E-state index contributed by atoms with van der Waals surface area (Å²) in [6.45, 7) is 6.09. The molecule has 1 N–H and O–H groups in total. The van der Waals surface area contributed by atoms with Crippen molar-refractivity contribution >= 4 is 34.7 Å². The minimum absolute atomic E-state index is 0.138. The van der Waals surface area contributed by atoms with Crippen molar-refractivity contribution in [2.45, 2.75) is 33.1 Å². The highest BCUT2D eigenvalue weighted by molar-refractivity contribution is 6.42. The summed E-state index contributed by atoms with van der Waals surface area (Å²) in [5.41, 5.74) is 3.34. The number of carbonyl (C=O) groups excluding carboxylic acids is 1. The molecule has 2 heterocycles. The van der Waals surface area contributed by atoms with Gasteiger partial charge < -0.3 is 19.3 Å². The van der Waals surface area contributed by atoms with Crippen molar-refractivity contribution in [1.82, 2.24) is 15.5 Å². The number of benzene rings is 1. The highest BCUT2D eigenvalue weighted by Crippen LogP contribution is 2.44. The average Bonchev–Trinajstić information content (AvgIpc) is 3.18. The Kier molecular flexibility index (Phi) is 7.18. The monoisotopic (exact) mass is 451 g/mol. The lowest BCUT2D eigenvalue weighted by atomic mass is 9.80. The van der Waals surface area contributed by atoms with Gasteiger partial charge in [-0.15, -0.1) is 0 Å². The zero-order valence-electron chi connectivity index (χ0n) is 17.2. The van der Waals surface area contributed by atoms with Gasteiger partial charge in [0.2, 0.25) is 0 Å². The first kappa shape index (κ1) is 22.3. The Morgan fingerprint density at radius 1 is 1.20 bits per heavy atom. The molecule has 160 valence electrons. The number of dihydropyridines is 1. The average molecular weight is 452 g/mol. The number of esters is 1. The number of rotatable bonds is 7. The molecule has 0 radical (unpaired) electrons. The lowest BCUT2D eigenvalue weighted by Crippen LogP contribution is -2.29. The molecule has 0 bridgehead atoms. The van der Waals surface area contributed by atoms with Gasteiger partial charge in [0.1, 0.15) is 6.61 Å². The van der Waals surface area contributed by atoms with E-state index >= 15 is 0 Å². The maximum absolute atomic E-state index is 13.0. The summed E-state index contributed by atoms with van der Waals surface area (Å²) in [6, 6.07) is 5.26. The molecule has 0 spiro atoms. The SMILES string of the molecule is CCc1noc(C2=C(C)NC(C)=C(C(=O)OCCOC)C2c2ccc(Cl)c(Cl)c2)n1. The Hall–Kier alpha value is -2.35. The lowest BCUT2D eigenvalue weighted by molar-refractivity contribution is -0.140. The number of nitrogens with one attached hydrogen (secondary N) is 1. The number of methoxy groups -OCH3 is 1. The summed E-state index contributed by atoms with van der Waals surface area (Å²) in [5.74, 6) is -0.0779. The molecule has 1 aliphatic heterocycles. The number of aryl methyl sites for hydroxylation is 1. The van der Waals surface area contributed by atoms with E-state index < -0.39 is 11.9 Å². The van der Waals surface area contributed by atoms with Crippen molar-refractivity contribution in [3.63, 3.8) is 0 Å². The number of hydrogen-bond donors (Lipinski definition) is 1. The minimum Gasteiger partial charge on any atom is -0.460 e. The van der Waals surface area contributed by atoms with Crippen molar-refractivity contribution in [1.29, 1.82) is 0 Å². The fourth-order valence-electron chi connectivity index (χ4n) is 3.38. The van der Waals surface area contributed by atoms with Crippen LogP contribution in [0.15, 0.2) is 39.7 Å². The van der Waals surface area contributed by atoms with Gasteiger partial charge in [-0.2, -0.15) is 4.98 Å². The van der Waals surface area contributed by atoms with Gasteiger partial charge in [0.05, 0.1) is 28.1 Å². The van der Waals surface area contributed by atoms with Crippen molar-refractivity contribution in [3.05, 3.63) is 62.5 Å². The largest absolute Gasteiger partial charge is 0.460 e. The van der Waals surface area contributed by atoms with Crippen LogP contribution in [0.3, 0.4) is 0 Å². The molecule has 1 unspecified atom stereocenters. The van der Waals surface area contributed by atoms with Crippen LogP contribution in [-0.4, -0.2) is 36.4 Å². The Morgan fingerprint density at radius 3 is 2.60 bits per heavy atom. The second-order valence-electron chi connectivity index (χ2n) is 6.81. The molecule has 0 aliphatic carbocycles. The van der Waals surface area contributed by atoms with E-state index in [1.165, 1.54) is 0 Å². The summed E-state index contributed by atoms with van der Waals surface area (Å²) in [7, 11) is 1.55. The van der Waals surface area contributed by atoms with Gasteiger partial charge in [-0.25, -0.2) is 4.79 Å². The van der Waals surface area contributed by atoms with Crippen LogP contribution in [0, 0.1) is 0 Å². The Morgan fingerprint density at radius 2 is 1.97 bits per heavy atom. The maximum Gasteiger partial charge on any atom is 0.336 e. The van der Waals surface area contributed by atoms with E-state index in [1.807, 2.05) is 26.8 Å². The molecule has 30 heavy (non-hydrogen) atoms. The molecule has 1 aromatic carbocycles. The zero-order valence-corrected chi connectivity index (χ0v) is 18.7. The van der Waals surface area contributed by atoms with Gasteiger partial charge in [0, 0.05) is 30.5 Å². The smallest absolute Gasteiger partial charge is 0.336 e. The normalized spacial score (nSPS) is 16.7. The number of allylic oxidation sites excluding steroid dienone is 3. The first-order chi connectivity index (χ1) is 14.4. The summed E-state index contributed by atoms with van der Waals surface area (Å²) < 4.78 is 15.9. The first-order valence-electron chi connectivity index (χ1n) is 9.49. The summed E-state index contributed by atoms with van der Waals surface area (Å²) in [5, 5.41) is 8.06. The molecule has 1 aromatic heterocycles. The van der Waals surface area contributed by atoms with E-state index in [4.69, 9.17) is 37.2 Å². The lowest BCUT2D eigenvalue weighted by Gasteiger charge is -2.30. The second-order valence-corrected chi connectivity index (χ2v) is 7.62. The van der Waals surface area contributed by atoms with E-state index in [0.717, 1.165) is 11.3 Å². The summed E-state index contributed by atoms with van der Waals surface area (Å²) in [4.78, 5) is 17.5. The van der Waals surface area contributed by atoms with Crippen LogP contribution in [0.4, 0.5) is 0 Å². The molecular formula is C21H23Cl2N3O4. The van der Waals surface area contributed by atoms with Crippen molar-refractivity contribution in [2.24, 2.45) is 0 Å². The van der Waals surface area contributed by atoms with Crippen LogP contribution in [-0.2, 0) is 20.7 Å². The van der Waals surface area contributed by atoms with Crippen LogP contribution >= 0.6 is 23.2 Å². The van der Waals surface area contributed by atoms with Crippen molar-refractivity contribution in [3.8, 4) is 0 Å². The van der Waals surface area contributed by atoms with Crippen molar-refractivity contribution in [2.75, 3.05) is 20.3 Å². The van der Waals surface area contributed by atoms with Crippen LogP contribution in [0.25, 0.3) is 5.57 Å². The van der Waals surface area contributed by atoms with Crippen LogP contribution in [0.2, 0.25) is 10.0 Å². The van der Waals surface area contributed by atoms with Gasteiger partial charge >= 0.3 is 5.97 Å². The number of ether oxygens (including phenoxy) is 2. The molecule has 1 atom stereocenters. The van der Waals surface area contributed by atoms with Gasteiger partial charge in [0.25, 0.3) is 5.89 Å². The zero-order chi connectivity index (χ0) is 21.8. The predicted molar refractivity (Wildman–Crippen MR) is 114 cm³/mol. The third-order valence-corrected chi connectivity index (χ3v) is 5.53. The van der Waals surface area contributed by atoms with E-state index in [9.17, 15) is 4.79 Å². The van der Waals surface area contributed by atoms with E-state index in [2.05, 4.69) is 15.5 Å². The number of halogens is 2. The van der Waals surface area contributed by atoms with Gasteiger partial charge in [-0.3, -0.25) is 0 Å². The third kappa shape index (κ3) is 4.53. The van der Waals surface area contributed by atoms with E-state index in [1.54, 1.807) is 19.2 Å².